The van der Waals surface area contributed by atoms with Crippen LogP contribution in [0.3, 0.4) is 0 Å². The van der Waals surface area contributed by atoms with E-state index in [4.69, 9.17) is 5.73 Å². The fourth-order valence-corrected chi connectivity index (χ4v) is 3.71. The predicted molar refractivity (Wildman–Crippen MR) is 76.1 cm³/mol. The maximum Gasteiger partial charge on any atom is 0.240 e. The highest BCUT2D eigenvalue weighted by Gasteiger charge is 2.22. The van der Waals surface area contributed by atoms with Gasteiger partial charge in [0.1, 0.15) is 5.82 Å². The third kappa shape index (κ3) is 4.01. The third-order valence-corrected chi connectivity index (χ3v) is 5.43. The van der Waals surface area contributed by atoms with Gasteiger partial charge < -0.3 is 5.73 Å². The van der Waals surface area contributed by atoms with Crippen molar-refractivity contribution in [2.24, 2.45) is 17.6 Å². The van der Waals surface area contributed by atoms with Gasteiger partial charge in [0.15, 0.2) is 0 Å². The number of halogens is 1. The fraction of sp³-hybridized carbons (Fsp3) is 0.571. The molecule has 4 nitrogen and oxygen atoms in total. The van der Waals surface area contributed by atoms with Crippen LogP contribution in [0.4, 0.5) is 4.39 Å². The summed E-state index contributed by atoms with van der Waals surface area (Å²) in [5.74, 6) is 0.511. The van der Waals surface area contributed by atoms with Crippen molar-refractivity contribution in [2.45, 2.75) is 30.6 Å². The Labute approximate surface area is 119 Å². The number of nitrogens with two attached hydrogens (primary N) is 1. The lowest BCUT2D eigenvalue weighted by Crippen LogP contribution is -2.32. The largest absolute Gasteiger partial charge is 0.330 e. The van der Waals surface area contributed by atoms with E-state index in [0.29, 0.717) is 24.9 Å². The molecule has 1 aliphatic carbocycles. The van der Waals surface area contributed by atoms with Crippen molar-refractivity contribution in [3.8, 4) is 0 Å². The van der Waals surface area contributed by atoms with E-state index in [0.717, 1.165) is 37.8 Å². The smallest absolute Gasteiger partial charge is 0.240 e. The quantitative estimate of drug-likeness (QED) is 0.872. The number of hydrogen-bond acceptors (Lipinski definition) is 3. The lowest BCUT2D eigenvalue weighted by Gasteiger charge is -2.27. The second-order valence-corrected chi connectivity index (χ2v) is 7.20. The van der Waals surface area contributed by atoms with Gasteiger partial charge >= 0.3 is 0 Å². The van der Waals surface area contributed by atoms with Crippen LogP contribution >= 0.6 is 0 Å². The maximum atomic E-state index is 12.8. The molecule has 0 atom stereocenters. The minimum atomic E-state index is -3.54. The molecule has 0 unspecified atom stereocenters. The van der Waals surface area contributed by atoms with E-state index in [1.807, 2.05) is 0 Å². The lowest BCUT2D eigenvalue weighted by atomic mass is 9.82. The third-order valence-electron chi connectivity index (χ3n) is 3.99. The minimum absolute atomic E-state index is 0.106. The van der Waals surface area contributed by atoms with Crippen LogP contribution in [0.5, 0.6) is 0 Å². The van der Waals surface area contributed by atoms with Gasteiger partial charge in [-0.2, -0.15) is 0 Å². The van der Waals surface area contributed by atoms with Gasteiger partial charge in [-0.15, -0.1) is 0 Å². The number of rotatable bonds is 5. The molecule has 1 aromatic rings. The first-order valence-electron chi connectivity index (χ1n) is 6.96. The molecule has 0 saturated heterocycles. The summed E-state index contributed by atoms with van der Waals surface area (Å²) in [6.45, 7) is 1.16. The summed E-state index contributed by atoms with van der Waals surface area (Å²) in [6, 6.07) is 4.87. The molecule has 1 fully saturated rings. The van der Waals surface area contributed by atoms with E-state index in [1.165, 1.54) is 12.1 Å². The van der Waals surface area contributed by atoms with Crippen molar-refractivity contribution in [1.29, 1.82) is 0 Å². The zero-order valence-corrected chi connectivity index (χ0v) is 12.2. The van der Waals surface area contributed by atoms with Gasteiger partial charge in [-0.1, -0.05) is 0 Å². The second-order valence-electron chi connectivity index (χ2n) is 5.43. The van der Waals surface area contributed by atoms with E-state index >= 15 is 0 Å². The molecule has 0 amide bonds. The molecule has 112 valence electrons. The Morgan fingerprint density at radius 3 is 2.20 bits per heavy atom. The van der Waals surface area contributed by atoms with Gasteiger partial charge in [0.2, 0.25) is 10.0 Å². The molecule has 0 aromatic heterocycles. The molecule has 1 saturated carbocycles. The number of nitrogens with one attached hydrogen (secondary N) is 1. The van der Waals surface area contributed by atoms with Crippen molar-refractivity contribution < 1.29 is 12.8 Å². The van der Waals surface area contributed by atoms with Crippen LogP contribution in [0.15, 0.2) is 29.2 Å². The molecule has 0 aliphatic heterocycles. The molecule has 0 radical (unpaired) electrons. The Hall–Kier alpha value is -0.980. The van der Waals surface area contributed by atoms with Crippen LogP contribution < -0.4 is 10.5 Å². The van der Waals surface area contributed by atoms with Crippen LogP contribution in [-0.4, -0.2) is 21.5 Å². The first-order chi connectivity index (χ1) is 9.51. The molecule has 0 spiro atoms. The molecule has 3 N–H and O–H groups in total. The number of benzene rings is 1. The molecular formula is C14H21FN2O2S. The fourth-order valence-electron chi connectivity index (χ4n) is 2.60. The van der Waals surface area contributed by atoms with E-state index < -0.39 is 15.8 Å². The van der Waals surface area contributed by atoms with Crippen molar-refractivity contribution in [3.05, 3.63) is 30.1 Å². The summed E-state index contributed by atoms with van der Waals surface area (Å²) in [4.78, 5) is 0.106. The standard InChI is InChI=1S/C14H21FN2O2S/c15-13-5-7-14(8-6-13)20(18,19)17-10-12-3-1-11(9-16)2-4-12/h5-8,11-12,17H,1-4,9-10,16H2. The molecule has 0 bridgehead atoms. The van der Waals surface area contributed by atoms with Crippen LogP contribution in [-0.2, 0) is 10.0 Å². The van der Waals surface area contributed by atoms with Gasteiger partial charge in [-0.25, -0.2) is 17.5 Å². The molecule has 2 rings (SSSR count). The highest BCUT2D eigenvalue weighted by Crippen LogP contribution is 2.27. The highest BCUT2D eigenvalue weighted by atomic mass is 32.2. The second kappa shape index (κ2) is 6.65. The first-order valence-corrected chi connectivity index (χ1v) is 8.45. The first kappa shape index (κ1) is 15.4. The zero-order valence-electron chi connectivity index (χ0n) is 11.4. The summed E-state index contributed by atoms with van der Waals surface area (Å²) in [7, 11) is -3.54. The van der Waals surface area contributed by atoms with Gasteiger partial charge in [0.05, 0.1) is 4.90 Å². The van der Waals surface area contributed by atoms with Crippen LogP contribution in [0.25, 0.3) is 0 Å². The van der Waals surface area contributed by atoms with Crippen LogP contribution in [0.2, 0.25) is 0 Å². The van der Waals surface area contributed by atoms with Gasteiger partial charge in [0.25, 0.3) is 0 Å². The Kier molecular flexibility index (Phi) is 5.12. The zero-order chi connectivity index (χ0) is 14.6. The Morgan fingerprint density at radius 2 is 1.65 bits per heavy atom. The molecular weight excluding hydrogens is 279 g/mol. The van der Waals surface area contributed by atoms with Crippen molar-refractivity contribution in [2.75, 3.05) is 13.1 Å². The van der Waals surface area contributed by atoms with E-state index in [-0.39, 0.29) is 4.90 Å². The number of hydrogen-bond donors (Lipinski definition) is 2. The van der Waals surface area contributed by atoms with Crippen LogP contribution in [0.1, 0.15) is 25.7 Å². The molecule has 1 aromatic carbocycles. The van der Waals surface area contributed by atoms with Crippen molar-refractivity contribution in [1.82, 2.24) is 4.72 Å². The topological polar surface area (TPSA) is 72.2 Å². The molecule has 20 heavy (non-hydrogen) atoms. The van der Waals surface area contributed by atoms with Crippen molar-refractivity contribution >= 4 is 10.0 Å². The van der Waals surface area contributed by atoms with Crippen LogP contribution in [0, 0.1) is 17.7 Å². The average Bonchev–Trinajstić information content (AvgIpc) is 2.46. The Morgan fingerprint density at radius 1 is 1.10 bits per heavy atom. The van der Waals surface area contributed by atoms with E-state index in [9.17, 15) is 12.8 Å². The van der Waals surface area contributed by atoms with E-state index in [2.05, 4.69) is 4.72 Å². The normalized spacial score (nSPS) is 23.7. The summed E-state index contributed by atoms with van der Waals surface area (Å²) >= 11 is 0. The van der Waals surface area contributed by atoms with E-state index in [1.54, 1.807) is 0 Å². The summed E-state index contributed by atoms with van der Waals surface area (Å²) < 4.78 is 39.5. The number of sulfonamides is 1. The van der Waals surface area contributed by atoms with Gasteiger partial charge in [-0.05, 0) is 68.3 Å². The minimum Gasteiger partial charge on any atom is -0.330 e. The van der Waals surface area contributed by atoms with Crippen molar-refractivity contribution in [3.63, 3.8) is 0 Å². The molecule has 1 aliphatic rings. The average molecular weight is 300 g/mol. The summed E-state index contributed by atoms with van der Waals surface area (Å²) in [6.07, 6.45) is 4.15. The summed E-state index contributed by atoms with van der Waals surface area (Å²) in [5.41, 5.74) is 5.64. The SMILES string of the molecule is NCC1CCC(CNS(=O)(=O)c2ccc(F)cc2)CC1. The molecule has 0 heterocycles. The monoisotopic (exact) mass is 300 g/mol. The Balaban J connectivity index is 1.88. The lowest BCUT2D eigenvalue weighted by molar-refractivity contribution is 0.280. The summed E-state index contributed by atoms with van der Waals surface area (Å²) in [5, 5.41) is 0. The van der Waals surface area contributed by atoms with Gasteiger partial charge in [-0.3, -0.25) is 0 Å². The molecule has 6 heteroatoms. The van der Waals surface area contributed by atoms with Gasteiger partial charge in [0, 0.05) is 6.54 Å². The highest BCUT2D eigenvalue weighted by molar-refractivity contribution is 7.89. The predicted octanol–water partition coefficient (Wildman–Crippen LogP) is 1.87. The Bertz CT molecular complexity index is 523. The maximum absolute atomic E-state index is 12.8.